The van der Waals surface area contributed by atoms with Gasteiger partial charge in [0.2, 0.25) is 11.8 Å². The van der Waals surface area contributed by atoms with Gasteiger partial charge in [0.25, 0.3) is 0 Å². The van der Waals surface area contributed by atoms with Gasteiger partial charge in [-0.05, 0) is 13.3 Å². The lowest BCUT2D eigenvalue weighted by Gasteiger charge is -2.19. The average molecular weight is 352 g/mol. The molecule has 0 fully saturated rings. The summed E-state index contributed by atoms with van der Waals surface area (Å²) in [4.78, 5) is 42.1. The molecular weight excluding hydrogens is 324 g/mol. The Bertz CT molecular complexity index is 545. The second-order valence-electron chi connectivity index (χ2n) is 6.13. The second-order valence-corrected chi connectivity index (χ2v) is 6.13. The van der Waals surface area contributed by atoms with Crippen LogP contribution in [0.5, 0.6) is 0 Å². The van der Waals surface area contributed by atoms with Gasteiger partial charge in [-0.3, -0.25) is 14.4 Å². The molecule has 0 aromatic carbocycles. The Kier molecular flexibility index (Phi) is 9.28. The molecule has 1 aromatic heterocycles. The quantitative estimate of drug-likeness (QED) is 0.423. The van der Waals surface area contributed by atoms with E-state index in [4.69, 9.17) is 5.11 Å². The third-order valence-electron chi connectivity index (χ3n) is 3.87. The maximum absolute atomic E-state index is 12.3. The Morgan fingerprint density at radius 2 is 1.92 bits per heavy atom. The van der Waals surface area contributed by atoms with E-state index in [1.165, 1.54) is 13.3 Å². The van der Waals surface area contributed by atoms with Crippen molar-refractivity contribution in [1.29, 1.82) is 0 Å². The van der Waals surface area contributed by atoms with Crippen LogP contribution in [0.1, 0.15) is 58.1 Å². The molecule has 2 amide bonds. The van der Waals surface area contributed by atoms with E-state index in [1.807, 2.05) is 0 Å². The molecule has 1 aromatic rings. The lowest BCUT2D eigenvalue weighted by Crippen LogP contribution is -2.51. The summed E-state index contributed by atoms with van der Waals surface area (Å²) in [7, 11) is 0. The molecule has 0 aliphatic carbocycles. The Morgan fingerprint density at radius 3 is 2.52 bits per heavy atom. The van der Waals surface area contributed by atoms with Gasteiger partial charge in [0.05, 0.1) is 6.33 Å². The molecule has 0 saturated heterocycles. The van der Waals surface area contributed by atoms with Crippen LogP contribution in [0.25, 0.3) is 0 Å². The minimum atomic E-state index is -1.13. The molecule has 4 N–H and O–H groups in total. The number of carboxylic acid groups (broad SMARTS) is 1. The highest BCUT2D eigenvalue weighted by Crippen LogP contribution is 2.06. The zero-order chi connectivity index (χ0) is 18.7. The third-order valence-corrected chi connectivity index (χ3v) is 3.87. The van der Waals surface area contributed by atoms with Crippen molar-refractivity contribution in [2.75, 3.05) is 0 Å². The maximum atomic E-state index is 12.3. The molecule has 0 aliphatic heterocycles. The van der Waals surface area contributed by atoms with Crippen molar-refractivity contribution >= 4 is 17.8 Å². The summed E-state index contributed by atoms with van der Waals surface area (Å²) in [5.74, 6) is -1.86. The summed E-state index contributed by atoms with van der Waals surface area (Å²) in [6, 6.07) is -1.87. The van der Waals surface area contributed by atoms with Gasteiger partial charge in [-0.1, -0.05) is 32.6 Å². The lowest BCUT2D eigenvalue weighted by atomic mass is 10.1. The molecule has 140 valence electrons. The summed E-state index contributed by atoms with van der Waals surface area (Å²) < 4.78 is 0. The number of carbonyl (C=O) groups excluding carboxylic acids is 2. The maximum Gasteiger partial charge on any atom is 0.325 e. The summed E-state index contributed by atoms with van der Waals surface area (Å²) in [5.41, 5.74) is 0.686. The highest BCUT2D eigenvalue weighted by Gasteiger charge is 2.24. The predicted octanol–water partition coefficient (Wildman–Crippen LogP) is 1.39. The summed E-state index contributed by atoms with van der Waals surface area (Å²) in [6.45, 7) is 3.51. The fourth-order valence-electron chi connectivity index (χ4n) is 2.36. The van der Waals surface area contributed by atoms with Gasteiger partial charge in [0, 0.05) is 24.7 Å². The predicted molar refractivity (Wildman–Crippen MR) is 92.8 cm³/mol. The first-order chi connectivity index (χ1) is 11.9. The number of nitrogens with zero attached hydrogens (tertiary/aromatic N) is 1. The molecule has 0 bridgehead atoms. The summed E-state index contributed by atoms with van der Waals surface area (Å²) >= 11 is 0. The van der Waals surface area contributed by atoms with Crippen LogP contribution in [0.15, 0.2) is 12.5 Å². The van der Waals surface area contributed by atoms with Crippen LogP contribution in [-0.4, -0.2) is 44.9 Å². The topological polar surface area (TPSA) is 124 Å². The number of aromatic nitrogens is 2. The molecule has 0 saturated carbocycles. The number of carbonyl (C=O) groups is 3. The smallest absolute Gasteiger partial charge is 0.325 e. The van der Waals surface area contributed by atoms with Crippen LogP contribution in [0.3, 0.4) is 0 Å². The second kappa shape index (κ2) is 11.2. The van der Waals surface area contributed by atoms with E-state index in [1.54, 1.807) is 6.20 Å². The molecular formula is C17H28N4O4. The van der Waals surface area contributed by atoms with E-state index in [0.29, 0.717) is 12.1 Å². The van der Waals surface area contributed by atoms with Crippen molar-refractivity contribution < 1.29 is 19.5 Å². The van der Waals surface area contributed by atoms with E-state index in [0.717, 1.165) is 32.1 Å². The molecule has 8 heteroatoms. The Balaban J connectivity index is 2.56. The van der Waals surface area contributed by atoms with Gasteiger partial charge < -0.3 is 20.7 Å². The largest absolute Gasteiger partial charge is 0.480 e. The number of carboxylic acids is 1. The van der Waals surface area contributed by atoms with Gasteiger partial charge in [-0.25, -0.2) is 4.98 Å². The van der Waals surface area contributed by atoms with Crippen LogP contribution < -0.4 is 10.6 Å². The molecule has 0 aliphatic rings. The molecule has 1 heterocycles. The first-order valence-electron chi connectivity index (χ1n) is 8.73. The third kappa shape index (κ3) is 8.32. The van der Waals surface area contributed by atoms with E-state index < -0.39 is 24.0 Å². The van der Waals surface area contributed by atoms with Crippen LogP contribution in [0.2, 0.25) is 0 Å². The molecule has 0 radical (unpaired) electrons. The van der Waals surface area contributed by atoms with Crippen molar-refractivity contribution in [3.63, 3.8) is 0 Å². The first kappa shape index (κ1) is 20.7. The number of rotatable bonds is 12. The zero-order valence-corrected chi connectivity index (χ0v) is 14.9. The fraction of sp³-hybridized carbons (Fsp3) is 0.647. The lowest BCUT2D eigenvalue weighted by molar-refractivity contribution is -0.141. The van der Waals surface area contributed by atoms with Crippen LogP contribution in [-0.2, 0) is 20.8 Å². The van der Waals surface area contributed by atoms with E-state index >= 15 is 0 Å². The van der Waals surface area contributed by atoms with Crippen molar-refractivity contribution in [2.24, 2.45) is 0 Å². The number of H-pyrrole nitrogens is 1. The highest BCUT2D eigenvalue weighted by atomic mass is 16.4. The minimum absolute atomic E-state index is 0.209. The van der Waals surface area contributed by atoms with Gasteiger partial charge in [0.1, 0.15) is 12.1 Å². The van der Waals surface area contributed by atoms with Gasteiger partial charge in [-0.15, -0.1) is 0 Å². The Morgan fingerprint density at radius 1 is 1.20 bits per heavy atom. The fourth-order valence-corrected chi connectivity index (χ4v) is 2.36. The summed E-state index contributed by atoms with van der Waals surface area (Å²) in [6.07, 6.45) is 8.77. The highest BCUT2D eigenvalue weighted by molar-refractivity contribution is 5.90. The minimum Gasteiger partial charge on any atom is -0.480 e. The molecule has 0 spiro atoms. The molecule has 2 atom stereocenters. The Hall–Kier alpha value is -2.38. The van der Waals surface area contributed by atoms with Crippen molar-refractivity contribution in [1.82, 2.24) is 20.6 Å². The molecule has 1 rings (SSSR count). The average Bonchev–Trinajstić information content (AvgIpc) is 3.07. The normalized spacial score (nSPS) is 13.0. The van der Waals surface area contributed by atoms with E-state index in [-0.39, 0.29) is 12.3 Å². The van der Waals surface area contributed by atoms with Crippen molar-refractivity contribution in [3.8, 4) is 0 Å². The number of nitrogens with one attached hydrogen (secondary N) is 3. The number of unbranched alkanes of at least 4 members (excludes halogenated alkanes) is 4. The van der Waals surface area contributed by atoms with Gasteiger partial charge in [0.15, 0.2) is 0 Å². The number of aromatic amines is 1. The number of imidazole rings is 1. The number of hydrogen-bond donors (Lipinski definition) is 4. The van der Waals surface area contributed by atoms with E-state index in [2.05, 4.69) is 27.5 Å². The summed E-state index contributed by atoms with van der Waals surface area (Å²) in [5, 5.41) is 14.0. The first-order valence-corrected chi connectivity index (χ1v) is 8.73. The molecule has 2 unspecified atom stereocenters. The standard InChI is InChI=1S/C17H28N4O4/c1-3-4-5-6-7-8-15(22)21-14(9-13-10-18-11-19-13)16(23)20-12(2)17(24)25/h10-12,14H,3-9H2,1-2H3,(H,18,19)(H,20,23)(H,21,22)(H,24,25). The van der Waals surface area contributed by atoms with Crippen LogP contribution in [0, 0.1) is 0 Å². The van der Waals surface area contributed by atoms with Crippen LogP contribution >= 0.6 is 0 Å². The SMILES string of the molecule is CCCCCCCC(=O)NC(Cc1cnc[nH]1)C(=O)NC(C)C(=O)O. The van der Waals surface area contributed by atoms with Crippen molar-refractivity contribution in [2.45, 2.75) is 70.9 Å². The molecule has 25 heavy (non-hydrogen) atoms. The molecule has 8 nitrogen and oxygen atoms in total. The zero-order valence-electron chi connectivity index (χ0n) is 14.9. The number of aliphatic carboxylic acids is 1. The van der Waals surface area contributed by atoms with Gasteiger partial charge >= 0.3 is 5.97 Å². The Labute approximate surface area is 147 Å². The van der Waals surface area contributed by atoms with E-state index in [9.17, 15) is 14.4 Å². The monoisotopic (exact) mass is 352 g/mol. The number of hydrogen-bond acceptors (Lipinski definition) is 4. The number of amides is 2. The van der Waals surface area contributed by atoms with Gasteiger partial charge in [-0.2, -0.15) is 0 Å². The van der Waals surface area contributed by atoms with Crippen LogP contribution in [0.4, 0.5) is 0 Å². The van der Waals surface area contributed by atoms with Crippen molar-refractivity contribution in [3.05, 3.63) is 18.2 Å².